The van der Waals surface area contributed by atoms with Crippen LogP contribution in [0.25, 0.3) is 0 Å². The summed E-state index contributed by atoms with van der Waals surface area (Å²) in [6.45, 7) is 14.3. The van der Waals surface area contributed by atoms with Crippen LogP contribution in [-0.4, -0.2) is 47.5 Å². The van der Waals surface area contributed by atoms with Gasteiger partial charge in [-0.3, -0.25) is 14.7 Å². The Morgan fingerprint density at radius 1 is 1.18 bits per heavy atom. The highest BCUT2D eigenvalue weighted by molar-refractivity contribution is 9.12. The Morgan fingerprint density at radius 2 is 1.88 bits per heavy atom. The van der Waals surface area contributed by atoms with Gasteiger partial charge in [-0.2, -0.15) is 0 Å². The maximum Gasteiger partial charge on any atom is 0.414 e. The fourth-order valence-corrected chi connectivity index (χ4v) is 4.31. The first-order chi connectivity index (χ1) is 15.8. The summed E-state index contributed by atoms with van der Waals surface area (Å²) in [5.41, 5.74) is 2.06. The molecule has 0 aromatic rings. The Kier molecular flexibility index (Phi) is 10.2. The van der Waals surface area contributed by atoms with E-state index < -0.39 is 17.3 Å². The molecule has 0 fully saturated rings. The number of ether oxygens (including phenoxy) is 2. The Labute approximate surface area is 213 Å². The van der Waals surface area contributed by atoms with Crippen LogP contribution in [0.2, 0.25) is 0 Å². The van der Waals surface area contributed by atoms with Crippen molar-refractivity contribution < 1.29 is 19.1 Å². The predicted octanol–water partition coefficient (Wildman–Crippen LogP) is 7.10. The largest absolute Gasteiger partial charge is 0.460 e. The minimum absolute atomic E-state index is 0.0948. The third-order valence-corrected chi connectivity index (χ3v) is 6.90. The van der Waals surface area contributed by atoms with Crippen molar-refractivity contribution in [2.24, 2.45) is 10.9 Å². The van der Waals surface area contributed by atoms with Gasteiger partial charge in [-0.15, -0.1) is 0 Å². The van der Waals surface area contributed by atoms with Gasteiger partial charge in [0.15, 0.2) is 0 Å². The summed E-state index contributed by atoms with van der Waals surface area (Å²) in [7, 11) is 0. The molecule has 0 saturated carbocycles. The van der Waals surface area contributed by atoms with Crippen LogP contribution in [0.15, 0.2) is 38.5 Å². The molecular weight excluding hydrogens is 496 g/mol. The monoisotopic (exact) mass is 536 g/mol. The number of hydrogen-bond acceptors (Lipinski definition) is 5. The van der Waals surface area contributed by atoms with Gasteiger partial charge >= 0.3 is 12.1 Å². The van der Waals surface area contributed by atoms with Crippen LogP contribution in [0.4, 0.5) is 4.79 Å². The number of halogens is 1. The first kappa shape index (κ1) is 28.3. The van der Waals surface area contributed by atoms with Gasteiger partial charge in [-0.05, 0) is 107 Å². The zero-order valence-corrected chi connectivity index (χ0v) is 23.5. The van der Waals surface area contributed by atoms with Crippen LogP contribution >= 0.6 is 15.9 Å². The summed E-state index contributed by atoms with van der Waals surface area (Å²) in [5, 5.41) is 0. The number of fused-ring (bicyclic) bond motifs is 2. The molecule has 6 nitrogen and oxygen atoms in total. The van der Waals surface area contributed by atoms with E-state index in [1.165, 1.54) is 5.57 Å². The molecule has 0 spiro atoms. The quantitative estimate of drug-likeness (QED) is 0.339. The molecule has 0 N–H and O–H groups in total. The van der Waals surface area contributed by atoms with E-state index in [-0.39, 0.29) is 18.9 Å². The molecule has 34 heavy (non-hydrogen) atoms. The SMILES string of the molecule is CCC(C)(C)OC(=O)N(CCC(=O)OC(C)(C)C)C1=C(C)CCC2=C(Br)C=NCCC(C=C1)C2. The maximum atomic E-state index is 13.4. The van der Waals surface area contributed by atoms with Crippen LogP contribution < -0.4 is 0 Å². The second kappa shape index (κ2) is 12.2. The second-order valence-electron chi connectivity index (χ2n) is 10.7. The molecule has 1 aliphatic heterocycles. The number of esters is 1. The Balaban J connectivity index is 2.38. The van der Waals surface area contributed by atoms with Gasteiger partial charge in [0, 0.05) is 29.5 Å². The summed E-state index contributed by atoms with van der Waals surface area (Å²) in [5.74, 6) is -0.00266. The molecule has 1 unspecified atom stereocenters. The molecule has 7 heteroatoms. The Bertz CT molecular complexity index is 878. The average Bonchev–Trinajstić information content (AvgIpc) is 2.79. The molecule has 1 aliphatic carbocycles. The van der Waals surface area contributed by atoms with E-state index in [1.807, 2.05) is 53.8 Å². The van der Waals surface area contributed by atoms with Crippen molar-refractivity contribution in [1.82, 2.24) is 4.90 Å². The fourth-order valence-electron chi connectivity index (χ4n) is 3.80. The van der Waals surface area contributed by atoms with Crippen molar-refractivity contribution in [2.45, 2.75) is 98.2 Å². The van der Waals surface area contributed by atoms with Crippen molar-refractivity contribution in [3.63, 3.8) is 0 Å². The molecule has 1 heterocycles. The first-order valence-electron chi connectivity index (χ1n) is 12.3. The molecule has 1 amide bonds. The highest BCUT2D eigenvalue weighted by Crippen LogP contribution is 2.32. The number of rotatable bonds is 6. The van der Waals surface area contributed by atoms with Crippen LogP contribution in [0, 0.1) is 5.92 Å². The normalized spacial score (nSPS) is 19.6. The van der Waals surface area contributed by atoms with Gasteiger partial charge in [0.25, 0.3) is 0 Å². The third kappa shape index (κ3) is 9.05. The van der Waals surface area contributed by atoms with Crippen LogP contribution in [0.3, 0.4) is 0 Å². The number of allylic oxidation sites excluding steroid dienone is 5. The molecule has 0 aromatic carbocycles. The summed E-state index contributed by atoms with van der Waals surface area (Å²) < 4.78 is 12.4. The molecule has 2 rings (SSSR count). The summed E-state index contributed by atoms with van der Waals surface area (Å²) in [4.78, 5) is 32.0. The zero-order chi connectivity index (χ0) is 25.5. The minimum atomic E-state index is -0.600. The number of carbonyl (C=O) groups is 2. The number of hydrogen-bond donors (Lipinski definition) is 0. The fraction of sp³-hybridized carbons (Fsp3) is 0.667. The highest BCUT2D eigenvalue weighted by Gasteiger charge is 2.29. The smallest absolute Gasteiger partial charge is 0.414 e. The Hall–Kier alpha value is -1.89. The van der Waals surface area contributed by atoms with E-state index in [2.05, 4.69) is 33.9 Å². The minimum Gasteiger partial charge on any atom is -0.460 e. The van der Waals surface area contributed by atoms with E-state index >= 15 is 0 Å². The zero-order valence-electron chi connectivity index (χ0n) is 21.9. The first-order valence-corrected chi connectivity index (χ1v) is 13.1. The number of nitrogens with zero attached hydrogens (tertiary/aromatic N) is 2. The molecule has 0 saturated heterocycles. The second-order valence-corrected chi connectivity index (χ2v) is 11.6. The highest BCUT2D eigenvalue weighted by atomic mass is 79.9. The van der Waals surface area contributed by atoms with Gasteiger partial charge in [-0.25, -0.2) is 4.79 Å². The topological polar surface area (TPSA) is 68.2 Å². The lowest BCUT2D eigenvalue weighted by Crippen LogP contribution is -2.39. The summed E-state index contributed by atoms with van der Waals surface area (Å²) >= 11 is 3.69. The van der Waals surface area contributed by atoms with Gasteiger partial charge in [0.05, 0.1) is 6.42 Å². The summed E-state index contributed by atoms with van der Waals surface area (Å²) in [6, 6.07) is 0. The van der Waals surface area contributed by atoms with Gasteiger partial charge in [0.1, 0.15) is 11.2 Å². The van der Waals surface area contributed by atoms with Gasteiger partial charge in [-0.1, -0.05) is 18.6 Å². The van der Waals surface area contributed by atoms with E-state index in [9.17, 15) is 9.59 Å². The van der Waals surface area contributed by atoms with Gasteiger partial charge in [0.2, 0.25) is 0 Å². The predicted molar refractivity (Wildman–Crippen MR) is 141 cm³/mol. The molecule has 2 aliphatic rings. The summed E-state index contributed by atoms with van der Waals surface area (Å²) in [6.07, 6.45) is 10.1. The van der Waals surface area contributed by atoms with Crippen molar-refractivity contribution in [3.05, 3.63) is 33.5 Å². The van der Waals surface area contributed by atoms with Crippen molar-refractivity contribution in [1.29, 1.82) is 0 Å². The average molecular weight is 538 g/mol. The molecular formula is C27H41BrN2O4. The van der Waals surface area contributed by atoms with E-state index in [0.29, 0.717) is 12.3 Å². The van der Waals surface area contributed by atoms with E-state index in [4.69, 9.17) is 9.47 Å². The number of amides is 1. The molecule has 1 atom stereocenters. The van der Waals surface area contributed by atoms with Crippen LogP contribution in [0.1, 0.15) is 87.0 Å². The number of aliphatic imine (C=N–C) groups is 1. The van der Waals surface area contributed by atoms with E-state index in [0.717, 1.165) is 48.0 Å². The lowest BCUT2D eigenvalue weighted by Gasteiger charge is -2.31. The molecule has 190 valence electrons. The van der Waals surface area contributed by atoms with Crippen molar-refractivity contribution in [2.75, 3.05) is 13.1 Å². The van der Waals surface area contributed by atoms with Crippen molar-refractivity contribution in [3.8, 4) is 0 Å². The van der Waals surface area contributed by atoms with Crippen LogP contribution in [0.5, 0.6) is 0 Å². The van der Waals surface area contributed by atoms with Crippen molar-refractivity contribution >= 4 is 34.2 Å². The van der Waals surface area contributed by atoms with Gasteiger partial charge < -0.3 is 9.47 Å². The molecule has 0 radical (unpaired) electrons. The maximum absolute atomic E-state index is 13.4. The lowest BCUT2D eigenvalue weighted by molar-refractivity contribution is -0.154. The van der Waals surface area contributed by atoms with E-state index in [1.54, 1.807) is 4.90 Å². The standard InChI is InChI=1S/C27H41BrN2O4/c1-8-27(6,7)34-25(32)30(16-14-24(31)33-26(3,4)5)23-12-10-20-13-15-29-18-22(28)21(17-20)11-9-19(23)2/h10,12,18,20H,8-9,11,13-17H2,1-7H3. The molecule has 0 aromatic heterocycles. The lowest BCUT2D eigenvalue weighted by atomic mass is 9.92. The molecule has 2 bridgehead atoms. The third-order valence-electron chi connectivity index (χ3n) is 6.13. The number of carbonyl (C=O) groups excluding carboxylic acids is 2. The Morgan fingerprint density at radius 3 is 2.53 bits per heavy atom. The van der Waals surface area contributed by atoms with Crippen LogP contribution in [-0.2, 0) is 14.3 Å².